The number of imidazole rings is 1. The summed E-state index contributed by atoms with van der Waals surface area (Å²) in [6.07, 6.45) is 2.75. The van der Waals surface area contributed by atoms with E-state index >= 15 is 0 Å². The first-order valence-corrected chi connectivity index (χ1v) is 9.94. The molecule has 10 nitrogen and oxygen atoms in total. The van der Waals surface area contributed by atoms with Gasteiger partial charge in [0, 0.05) is 24.6 Å². The second kappa shape index (κ2) is 8.98. The number of hydrogen-bond donors (Lipinski definition) is 2. The summed E-state index contributed by atoms with van der Waals surface area (Å²) in [5.74, 6) is 0.0422. The van der Waals surface area contributed by atoms with Crippen molar-refractivity contribution in [3.8, 4) is 11.4 Å². The van der Waals surface area contributed by atoms with Crippen LogP contribution in [0.2, 0.25) is 0 Å². The molecule has 3 aromatic heterocycles. The predicted octanol–water partition coefficient (Wildman–Crippen LogP) is 2.60. The summed E-state index contributed by atoms with van der Waals surface area (Å²) in [6, 6.07) is 11.0. The minimum atomic E-state index is -0.575. The van der Waals surface area contributed by atoms with E-state index in [9.17, 15) is 9.59 Å². The lowest BCUT2D eigenvalue weighted by Gasteiger charge is -2.09. The Morgan fingerprint density at radius 1 is 1.25 bits per heavy atom. The zero-order chi connectivity index (χ0) is 22.7. The summed E-state index contributed by atoms with van der Waals surface area (Å²) in [5, 5.41) is 9.56. The molecule has 1 atom stereocenters. The maximum atomic E-state index is 12.8. The number of nitrogens with one attached hydrogen (secondary N) is 2. The molecule has 1 aromatic carbocycles. The fourth-order valence-corrected chi connectivity index (χ4v) is 3.04. The van der Waals surface area contributed by atoms with Crippen LogP contribution in [-0.2, 0) is 16.1 Å². The summed E-state index contributed by atoms with van der Waals surface area (Å²) in [7, 11) is 1.46. The molecular weight excluding hydrogens is 412 g/mol. The third-order valence-corrected chi connectivity index (χ3v) is 5.00. The van der Waals surface area contributed by atoms with Crippen LogP contribution in [0.1, 0.15) is 28.9 Å². The number of anilines is 1. The van der Waals surface area contributed by atoms with Crippen LogP contribution in [0.25, 0.3) is 17.0 Å². The number of pyridine rings is 1. The van der Waals surface area contributed by atoms with E-state index in [0.29, 0.717) is 28.4 Å². The van der Waals surface area contributed by atoms with Gasteiger partial charge in [0.05, 0.1) is 12.7 Å². The Bertz CT molecular complexity index is 1280. The lowest BCUT2D eigenvalue weighted by Crippen LogP contribution is -2.33. The van der Waals surface area contributed by atoms with Crippen LogP contribution >= 0.6 is 0 Å². The molecule has 0 radical (unpaired) electrons. The van der Waals surface area contributed by atoms with Gasteiger partial charge in [-0.1, -0.05) is 23.4 Å². The van der Waals surface area contributed by atoms with E-state index in [1.54, 1.807) is 23.6 Å². The van der Waals surface area contributed by atoms with Gasteiger partial charge in [-0.2, -0.15) is 4.98 Å². The molecule has 3 heterocycles. The molecular formula is C22H22N6O4. The van der Waals surface area contributed by atoms with E-state index in [1.165, 1.54) is 13.3 Å². The number of fused-ring (bicyclic) bond motifs is 1. The zero-order valence-electron chi connectivity index (χ0n) is 17.8. The van der Waals surface area contributed by atoms with Crippen molar-refractivity contribution >= 4 is 23.1 Å². The van der Waals surface area contributed by atoms with Gasteiger partial charge in [0.25, 0.3) is 5.91 Å². The standard InChI is InChI=1S/C22H22N6O4/c1-13-7-8-15(20-26-19(32-27-20)12-24-21(29)14(2)31-3)10-16(13)25-22(30)17-11-23-18-6-4-5-9-28(17)18/h4-11,14H,12H2,1-3H3,(H,24,29)(H,25,30)/t14-/m0/s1. The number of carbonyl (C=O) groups is 2. The summed E-state index contributed by atoms with van der Waals surface area (Å²) in [4.78, 5) is 33.2. The number of methoxy groups -OCH3 is 1. The smallest absolute Gasteiger partial charge is 0.274 e. The molecule has 164 valence electrons. The van der Waals surface area contributed by atoms with Crippen LogP contribution in [0, 0.1) is 6.92 Å². The number of rotatable bonds is 7. The Labute approximate surface area is 183 Å². The summed E-state index contributed by atoms with van der Waals surface area (Å²) in [5.41, 5.74) is 3.27. The quantitative estimate of drug-likeness (QED) is 0.458. The van der Waals surface area contributed by atoms with Crippen molar-refractivity contribution < 1.29 is 18.8 Å². The number of benzene rings is 1. The second-order valence-corrected chi connectivity index (χ2v) is 7.16. The first kappa shape index (κ1) is 21.2. The Hall–Kier alpha value is -4.05. The molecule has 0 bridgehead atoms. The van der Waals surface area contributed by atoms with Gasteiger partial charge in [0.1, 0.15) is 17.4 Å². The Balaban J connectivity index is 1.50. The molecule has 4 rings (SSSR count). The molecule has 0 saturated heterocycles. The molecule has 0 aliphatic rings. The van der Waals surface area contributed by atoms with Crippen molar-refractivity contribution in [3.63, 3.8) is 0 Å². The third-order valence-electron chi connectivity index (χ3n) is 5.00. The molecule has 0 saturated carbocycles. The average Bonchev–Trinajstić information content (AvgIpc) is 3.45. The summed E-state index contributed by atoms with van der Waals surface area (Å²) >= 11 is 0. The highest BCUT2D eigenvalue weighted by molar-refractivity contribution is 6.04. The van der Waals surface area contributed by atoms with Gasteiger partial charge in [-0.25, -0.2) is 4.98 Å². The highest BCUT2D eigenvalue weighted by atomic mass is 16.5. The van der Waals surface area contributed by atoms with E-state index < -0.39 is 6.10 Å². The number of ether oxygens (including phenoxy) is 1. The number of nitrogens with zero attached hydrogens (tertiary/aromatic N) is 4. The van der Waals surface area contributed by atoms with Crippen molar-refractivity contribution in [1.82, 2.24) is 24.8 Å². The molecule has 32 heavy (non-hydrogen) atoms. The molecule has 0 fully saturated rings. The highest BCUT2D eigenvalue weighted by Gasteiger charge is 2.16. The molecule has 2 N–H and O–H groups in total. The minimum Gasteiger partial charge on any atom is -0.372 e. The first-order valence-electron chi connectivity index (χ1n) is 9.94. The maximum Gasteiger partial charge on any atom is 0.274 e. The molecule has 2 amide bonds. The van der Waals surface area contributed by atoms with Crippen LogP contribution in [0.3, 0.4) is 0 Å². The molecule has 10 heteroatoms. The van der Waals surface area contributed by atoms with Crippen LogP contribution < -0.4 is 10.6 Å². The first-order chi connectivity index (χ1) is 15.5. The molecule has 0 aliphatic carbocycles. The zero-order valence-corrected chi connectivity index (χ0v) is 17.8. The van der Waals surface area contributed by atoms with E-state index in [4.69, 9.17) is 9.26 Å². The van der Waals surface area contributed by atoms with Crippen molar-refractivity contribution in [2.75, 3.05) is 12.4 Å². The number of amides is 2. The highest BCUT2D eigenvalue weighted by Crippen LogP contribution is 2.24. The van der Waals surface area contributed by atoms with Gasteiger partial charge < -0.3 is 19.9 Å². The van der Waals surface area contributed by atoms with E-state index in [-0.39, 0.29) is 24.2 Å². The number of aromatic nitrogens is 4. The van der Waals surface area contributed by atoms with Crippen LogP contribution in [0.15, 0.2) is 53.3 Å². The average molecular weight is 434 g/mol. The Morgan fingerprint density at radius 3 is 2.91 bits per heavy atom. The second-order valence-electron chi connectivity index (χ2n) is 7.16. The minimum absolute atomic E-state index is 0.0866. The normalized spacial score (nSPS) is 12.0. The topological polar surface area (TPSA) is 124 Å². The van der Waals surface area contributed by atoms with E-state index in [0.717, 1.165) is 5.56 Å². The van der Waals surface area contributed by atoms with E-state index in [2.05, 4.69) is 25.8 Å². The largest absolute Gasteiger partial charge is 0.372 e. The van der Waals surface area contributed by atoms with Gasteiger partial charge in [-0.05, 0) is 37.6 Å². The fraction of sp³-hybridized carbons (Fsp3) is 0.227. The summed E-state index contributed by atoms with van der Waals surface area (Å²) in [6.45, 7) is 3.62. The van der Waals surface area contributed by atoms with Crippen LogP contribution in [0.4, 0.5) is 5.69 Å². The van der Waals surface area contributed by atoms with Crippen LogP contribution in [-0.4, -0.2) is 44.6 Å². The fourth-order valence-electron chi connectivity index (χ4n) is 3.04. The van der Waals surface area contributed by atoms with Crippen molar-refractivity contribution in [2.24, 2.45) is 0 Å². The SMILES string of the molecule is CO[C@@H](C)C(=O)NCc1nc(-c2ccc(C)c(NC(=O)c3cnc4ccccn34)c2)no1. The van der Waals surface area contributed by atoms with Crippen molar-refractivity contribution in [3.05, 3.63) is 65.9 Å². The predicted molar refractivity (Wildman–Crippen MR) is 116 cm³/mol. The van der Waals surface area contributed by atoms with Crippen LogP contribution in [0.5, 0.6) is 0 Å². The van der Waals surface area contributed by atoms with E-state index in [1.807, 2.05) is 37.3 Å². The monoisotopic (exact) mass is 434 g/mol. The third kappa shape index (κ3) is 4.35. The van der Waals surface area contributed by atoms with Gasteiger partial charge in [-0.15, -0.1) is 0 Å². The Morgan fingerprint density at radius 2 is 2.09 bits per heavy atom. The number of carbonyl (C=O) groups excluding carboxylic acids is 2. The van der Waals surface area contributed by atoms with Gasteiger partial charge in [-0.3, -0.25) is 14.0 Å². The Kier molecular flexibility index (Phi) is 5.95. The van der Waals surface area contributed by atoms with Crippen molar-refractivity contribution in [1.29, 1.82) is 0 Å². The molecule has 0 spiro atoms. The number of aryl methyl sites for hydroxylation is 1. The van der Waals surface area contributed by atoms with Gasteiger partial charge >= 0.3 is 0 Å². The van der Waals surface area contributed by atoms with Gasteiger partial charge in [0.2, 0.25) is 17.6 Å². The molecule has 4 aromatic rings. The number of hydrogen-bond acceptors (Lipinski definition) is 7. The molecule has 0 unspecified atom stereocenters. The van der Waals surface area contributed by atoms with Gasteiger partial charge in [0.15, 0.2) is 0 Å². The lowest BCUT2D eigenvalue weighted by atomic mass is 10.1. The lowest BCUT2D eigenvalue weighted by molar-refractivity contribution is -0.130. The maximum absolute atomic E-state index is 12.8. The summed E-state index contributed by atoms with van der Waals surface area (Å²) < 4.78 is 11.9. The van der Waals surface area contributed by atoms with Crippen molar-refractivity contribution in [2.45, 2.75) is 26.5 Å². The molecule has 0 aliphatic heterocycles.